The summed E-state index contributed by atoms with van der Waals surface area (Å²) in [6.07, 6.45) is 2.47. The summed E-state index contributed by atoms with van der Waals surface area (Å²) in [5.74, 6) is 0.665. The minimum Gasteiger partial charge on any atom is -0.492 e. The molecule has 0 radical (unpaired) electrons. The normalized spacial score (nSPS) is 10.4. The Labute approximate surface area is 154 Å². The second-order valence-electron chi connectivity index (χ2n) is 5.67. The zero-order chi connectivity index (χ0) is 18.1. The Kier molecular flexibility index (Phi) is 7.61. The van der Waals surface area contributed by atoms with Crippen molar-refractivity contribution in [2.45, 2.75) is 33.1 Å². The van der Waals surface area contributed by atoms with E-state index in [0.717, 1.165) is 29.7 Å². The van der Waals surface area contributed by atoms with Crippen molar-refractivity contribution >= 4 is 23.3 Å². The Morgan fingerprint density at radius 2 is 1.72 bits per heavy atom. The number of ether oxygens (including phenoxy) is 1. The number of rotatable bonds is 8. The largest absolute Gasteiger partial charge is 0.492 e. The fourth-order valence-corrected chi connectivity index (χ4v) is 2.77. The summed E-state index contributed by atoms with van der Waals surface area (Å²) in [7, 11) is 0. The summed E-state index contributed by atoms with van der Waals surface area (Å²) >= 11 is 6.03. The van der Waals surface area contributed by atoms with Gasteiger partial charge < -0.3 is 15.4 Å². The minimum atomic E-state index is -0.187. The molecule has 0 fully saturated rings. The molecule has 0 unspecified atom stereocenters. The molecule has 2 aromatic carbocycles. The number of carbonyl (C=O) groups is 1. The highest BCUT2D eigenvalue weighted by atomic mass is 35.5. The number of anilines is 1. The van der Waals surface area contributed by atoms with E-state index in [-0.39, 0.29) is 6.03 Å². The van der Waals surface area contributed by atoms with Crippen molar-refractivity contribution in [2.75, 3.05) is 18.5 Å². The summed E-state index contributed by atoms with van der Waals surface area (Å²) in [6, 6.07) is 13.3. The highest BCUT2D eigenvalue weighted by Gasteiger charge is 2.09. The fourth-order valence-electron chi connectivity index (χ4n) is 2.58. The number of carbonyl (C=O) groups excluding carboxylic acids is 1. The van der Waals surface area contributed by atoms with E-state index in [1.165, 1.54) is 0 Å². The molecule has 0 aliphatic heterocycles. The van der Waals surface area contributed by atoms with E-state index >= 15 is 0 Å². The Morgan fingerprint density at radius 1 is 1.04 bits per heavy atom. The van der Waals surface area contributed by atoms with Crippen LogP contribution in [0.15, 0.2) is 42.5 Å². The van der Waals surface area contributed by atoms with E-state index in [2.05, 4.69) is 24.5 Å². The predicted molar refractivity (Wildman–Crippen MR) is 104 cm³/mol. The van der Waals surface area contributed by atoms with Crippen LogP contribution in [0.2, 0.25) is 5.02 Å². The maximum absolute atomic E-state index is 12.2. The van der Waals surface area contributed by atoms with Gasteiger partial charge in [-0.15, -0.1) is 0 Å². The predicted octanol–water partition coefficient (Wildman–Crippen LogP) is 5.06. The lowest BCUT2D eigenvalue weighted by Crippen LogP contribution is -2.31. The molecule has 2 N–H and O–H groups in total. The zero-order valence-corrected chi connectivity index (χ0v) is 15.5. The number of para-hydroxylation sites is 2. The lowest BCUT2D eigenvalue weighted by Gasteiger charge is -2.15. The zero-order valence-electron chi connectivity index (χ0n) is 14.8. The van der Waals surface area contributed by atoms with E-state index in [1.807, 2.05) is 36.4 Å². The summed E-state index contributed by atoms with van der Waals surface area (Å²) < 4.78 is 5.61. The molecule has 25 heavy (non-hydrogen) atoms. The molecule has 0 saturated heterocycles. The van der Waals surface area contributed by atoms with Crippen LogP contribution < -0.4 is 15.4 Å². The van der Waals surface area contributed by atoms with Crippen molar-refractivity contribution in [2.24, 2.45) is 0 Å². The first-order valence-corrected chi connectivity index (χ1v) is 9.06. The molecule has 0 atom stereocenters. The third kappa shape index (κ3) is 5.68. The van der Waals surface area contributed by atoms with Gasteiger partial charge in [0.25, 0.3) is 0 Å². The van der Waals surface area contributed by atoms with Crippen LogP contribution in [0.1, 0.15) is 31.4 Å². The van der Waals surface area contributed by atoms with Gasteiger partial charge in [0, 0.05) is 12.2 Å². The van der Waals surface area contributed by atoms with Crippen LogP contribution in [0, 0.1) is 0 Å². The topological polar surface area (TPSA) is 50.4 Å². The average molecular weight is 361 g/mol. The standard InChI is InChI=1S/C20H25ClN2O2/c1-3-15-9-7-10-16(4-2)19(15)23-20(24)22-13-8-14-25-18-12-6-5-11-17(18)21/h5-7,9-12H,3-4,8,13-14H2,1-2H3,(H2,22,23,24). The second-order valence-corrected chi connectivity index (χ2v) is 6.08. The van der Waals surface area contributed by atoms with Crippen LogP contribution in [0.3, 0.4) is 0 Å². The van der Waals surface area contributed by atoms with Gasteiger partial charge in [-0.2, -0.15) is 0 Å². The number of amides is 2. The number of nitrogens with one attached hydrogen (secondary N) is 2. The van der Waals surface area contributed by atoms with Crippen molar-refractivity contribution in [3.8, 4) is 5.75 Å². The van der Waals surface area contributed by atoms with Crippen molar-refractivity contribution < 1.29 is 9.53 Å². The van der Waals surface area contributed by atoms with Gasteiger partial charge in [0.1, 0.15) is 5.75 Å². The van der Waals surface area contributed by atoms with Gasteiger partial charge in [-0.1, -0.05) is 55.8 Å². The molecule has 134 valence electrons. The summed E-state index contributed by atoms with van der Waals surface area (Å²) in [6.45, 7) is 5.20. The lowest BCUT2D eigenvalue weighted by atomic mass is 10.0. The fraction of sp³-hybridized carbons (Fsp3) is 0.350. The van der Waals surface area contributed by atoms with Crippen molar-refractivity contribution in [1.29, 1.82) is 0 Å². The highest BCUT2D eigenvalue weighted by Crippen LogP contribution is 2.23. The lowest BCUT2D eigenvalue weighted by molar-refractivity contribution is 0.250. The van der Waals surface area contributed by atoms with Crippen molar-refractivity contribution in [1.82, 2.24) is 5.32 Å². The number of hydrogen-bond donors (Lipinski definition) is 2. The van der Waals surface area contributed by atoms with Crippen LogP contribution in [-0.2, 0) is 12.8 Å². The first-order chi connectivity index (χ1) is 12.2. The number of urea groups is 1. The van der Waals surface area contributed by atoms with Crippen LogP contribution in [0.4, 0.5) is 10.5 Å². The number of halogens is 1. The maximum atomic E-state index is 12.2. The molecular formula is C20H25ClN2O2. The molecule has 0 bridgehead atoms. The minimum absolute atomic E-state index is 0.187. The van der Waals surface area contributed by atoms with Gasteiger partial charge in [0.15, 0.2) is 0 Å². The molecule has 5 heteroatoms. The molecule has 0 saturated carbocycles. The first kappa shape index (κ1) is 19.1. The van der Waals surface area contributed by atoms with Crippen LogP contribution in [0.25, 0.3) is 0 Å². The average Bonchev–Trinajstić information content (AvgIpc) is 2.63. The van der Waals surface area contributed by atoms with E-state index < -0.39 is 0 Å². The number of benzene rings is 2. The van der Waals surface area contributed by atoms with Gasteiger partial charge in [-0.25, -0.2) is 4.79 Å². The van der Waals surface area contributed by atoms with E-state index in [1.54, 1.807) is 6.07 Å². The highest BCUT2D eigenvalue weighted by molar-refractivity contribution is 6.32. The molecule has 2 aromatic rings. The Morgan fingerprint density at radius 3 is 2.36 bits per heavy atom. The third-order valence-electron chi connectivity index (χ3n) is 3.94. The molecule has 2 amide bonds. The van der Waals surface area contributed by atoms with Gasteiger partial charge in [0.2, 0.25) is 0 Å². The SMILES string of the molecule is CCc1cccc(CC)c1NC(=O)NCCCOc1ccccc1Cl. The Balaban J connectivity index is 1.77. The van der Waals surface area contributed by atoms with E-state index in [9.17, 15) is 4.79 Å². The van der Waals surface area contributed by atoms with E-state index in [0.29, 0.717) is 30.3 Å². The van der Waals surface area contributed by atoms with Crippen molar-refractivity contribution in [3.05, 3.63) is 58.6 Å². The van der Waals surface area contributed by atoms with Gasteiger partial charge in [0.05, 0.1) is 11.6 Å². The molecule has 0 spiro atoms. The molecule has 0 aromatic heterocycles. The third-order valence-corrected chi connectivity index (χ3v) is 4.25. The molecular weight excluding hydrogens is 336 g/mol. The molecule has 2 rings (SSSR count). The maximum Gasteiger partial charge on any atom is 0.319 e. The number of hydrogen-bond acceptors (Lipinski definition) is 2. The monoisotopic (exact) mass is 360 g/mol. The summed E-state index contributed by atoms with van der Waals surface area (Å²) in [4.78, 5) is 12.2. The van der Waals surface area contributed by atoms with E-state index in [4.69, 9.17) is 16.3 Å². The van der Waals surface area contributed by atoms with Gasteiger partial charge >= 0.3 is 6.03 Å². The van der Waals surface area contributed by atoms with Crippen LogP contribution in [0.5, 0.6) is 5.75 Å². The Hall–Kier alpha value is -2.20. The van der Waals surface area contributed by atoms with Crippen molar-refractivity contribution in [3.63, 3.8) is 0 Å². The van der Waals surface area contributed by atoms with Crippen LogP contribution in [-0.4, -0.2) is 19.2 Å². The quantitative estimate of drug-likeness (QED) is 0.647. The summed E-state index contributed by atoms with van der Waals surface area (Å²) in [5, 5.41) is 6.45. The summed E-state index contributed by atoms with van der Waals surface area (Å²) in [5.41, 5.74) is 3.23. The molecule has 0 aliphatic carbocycles. The number of aryl methyl sites for hydroxylation is 2. The first-order valence-electron chi connectivity index (χ1n) is 8.68. The molecule has 0 heterocycles. The Bertz CT molecular complexity index is 682. The smallest absolute Gasteiger partial charge is 0.319 e. The molecule has 0 aliphatic rings. The van der Waals surface area contributed by atoms with Gasteiger partial charge in [-0.05, 0) is 42.5 Å². The van der Waals surface area contributed by atoms with Gasteiger partial charge in [-0.3, -0.25) is 0 Å². The second kappa shape index (κ2) is 9.94. The molecule has 4 nitrogen and oxygen atoms in total. The van der Waals surface area contributed by atoms with Crippen LogP contribution >= 0.6 is 11.6 Å².